The molecule has 6 nitrogen and oxygen atoms in total. The highest BCUT2D eigenvalue weighted by molar-refractivity contribution is 7.89. The van der Waals surface area contributed by atoms with Gasteiger partial charge >= 0.3 is 0 Å². The maximum absolute atomic E-state index is 12.4. The van der Waals surface area contributed by atoms with Crippen LogP contribution < -0.4 is 15.8 Å². The Labute approximate surface area is 118 Å². The van der Waals surface area contributed by atoms with Crippen molar-refractivity contribution in [2.24, 2.45) is 5.14 Å². The van der Waals surface area contributed by atoms with Crippen LogP contribution in [0, 0.1) is 0 Å². The quantitative estimate of drug-likeness (QED) is 0.768. The predicted octanol–water partition coefficient (Wildman–Crippen LogP) is 0.805. The van der Waals surface area contributed by atoms with Gasteiger partial charge in [-0.05, 0) is 44.9 Å². The van der Waals surface area contributed by atoms with Crippen LogP contribution in [0.1, 0.15) is 26.2 Å². The summed E-state index contributed by atoms with van der Waals surface area (Å²) < 4.78 is 23.0. The third-order valence-corrected chi connectivity index (χ3v) is 4.53. The van der Waals surface area contributed by atoms with Gasteiger partial charge in [0.15, 0.2) is 0 Å². The fourth-order valence-electron chi connectivity index (χ4n) is 2.33. The van der Waals surface area contributed by atoms with E-state index >= 15 is 0 Å². The van der Waals surface area contributed by atoms with Gasteiger partial charge in [-0.1, -0.05) is 12.1 Å². The van der Waals surface area contributed by atoms with Crippen molar-refractivity contribution in [3.8, 4) is 0 Å². The Morgan fingerprint density at radius 1 is 1.35 bits per heavy atom. The minimum Gasteiger partial charge on any atom is -0.323 e. The lowest BCUT2D eigenvalue weighted by Crippen LogP contribution is -2.54. The molecule has 110 valence electrons. The number of para-hydroxylation sites is 1. The van der Waals surface area contributed by atoms with Crippen LogP contribution in [0.25, 0.3) is 0 Å². The number of nitrogens with two attached hydrogens (primary N) is 1. The zero-order chi connectivity index (χ0) is 14.8. The van der Waals surface area contributed by atoms with Crippen LogP contribution >= 0.6 is 0 Å². The molecule has 1 fully saturated rings. The lowest BCUT2D eigenvalue weighted by atomic mass is 9.90. The minimum atomic E-state index is -3.86. The monoisotopic (exact) mass is 297 g/mol. The van der Waals surface area contributed by atoms with Gasteiger partial charge in [0.05, 0.1) is 11.2 Å². The van der Waals surface area contributed by atoms with E-state index in [0.29, 0.717) is 0 Å². The van der Waals surface area contributed by atoms with Crippen molar-refractivity contribution in [3.05, 3.63) is 24.3 Å². The van der Waals surface area contributed by atoms with Gasteiger partial charge in [-0.3, -0.25) is 4.79 Å². The number of nitrogens with one attached hydrogen (secondary N) is 2. The third-order valence-electron chi connectivity index (χ3n) is 3.56. The van der Waals surface area contributed by atoms with Crippen LogP contribution in [-0.4, -0.2) is 26.4 Å². The fourth-order valence-corrected chi connectivity index (χ4v) is 3.02. The maximum atomic E-state index is 12.4. The van der Waals surface area contributed by atoms with Crippen molar-refractivity contribution < 1.29 is 13.2 Å². The lowest BCUT2D eigenvalue weighted by Gasteiger charge is -2.33. The highest BCUT2D eigenvalue weighted by Crippen LogP contribution is 2.24. The average Bonchev–Trinajstić information content (AvgIpc) is 2.39. The first-order valence-electron chi connectivity index (χ1n) is 6.51. The first-order chi connectivity index (χ1) is 9.33. The fraction of sp³-hybridized carbons (Fsp3) is 0.462. The van der Waals surface area contributed by atoms with Gasteiger partial charge in [0, 0.05) is 0 Å². The molecule has 0 saturated carbocycles. The predicted molar refractivity (Wildman–Crippen MR) is 76.7 cm³/mol. The Hall–Kier alpha value is -1.44. The molecule has 0 aliphatic carbocycles. The van der Waals surface area contributed by atoms with Crippen LogP contribution in [-0.2, 0) is 14.8 Å². The van der Waals surface area contributed by atoms with Gasteiger partial charge in [-0.2, -0.15) is 0 Å². The van der Waals surface area contributed by atoms with Crippen molar-refractivity contribution in [3.63, 3.8) is 0 Å². The standard InChI is InChI=1S/C13H19N3O3S/c1-13(8-4-5-9-15-13)12(17)16-10-6-2-3-7-11(10)20(14,18)19/h2-3,6-7,15H,4-5,8-9H2,1H3,(H,16,17)(H2,14,18,19). The zero-order valence-electron chi connectivity index (χ0n) is 11.3. The Kier molecular flexibility index (Phi) is 4.12. The van der Waals surface area contributed by atoms with E-state index in [1.165, 1.54) is 12.1 Å². The summed E-state index contributed by atoms with van der Waals surface area (Å²) in [6, 6.07) is 6.13. The van der Waals surface area contributed by atoms with Gasteiger partial charge in [0.25, 0.3) is 0 Å². The summed E-state index contributed by atoms with van der Waals surface area (Å²) in [5.41, 5.74) is -0.461. The summed E-state index contributed by atoms with van der Waals surface area (Å²) in [6.07, 6.45) is 2.72. The van der Waals surface area contributed by atoms with Gasteiger partial charge in [0.2, 0.25) is 15.9 Å². The van der Waals surface area contributed by atoms with Crippen LogP contribution in [0.2, 0.25) is 0 Å². The number of sulfonamides is 1. The van der Waals surface area contributed by atoms with Crippen LogP contribution in [0.4, 0.5) is 5.69 Å². The summed E-state index contributed by atoms with van der Waals surface area (Å²) >= 11 is 0. The Bertz CT molecular complexity index is 607. The molecule has 1 atom stereocenters. The molecule has 1 saturated heterocycles. The zero-order valence-corrected chi connectivity index (χ0v) is 12.2. The van der Waals surface area contributed by atoms with E-state index in [1.807, 2.05) is 6.92 Å². The second-order valence-corrected chi connectivity index (χ2v) is 6.74. The van der Waals surface area contributed by atoms with Crippen LogP contribution in [0.15, 0.2) is 29.2 Å². The molecule has 1 aliphatic heterocycles. The number of primary sulfonamides is 1. The second-order valence-electron chi connectivity index (χ2n) is 5.21. The van der Waals surface area contributed by atoms with Crippen molar-refractivity contribution >= 4 is 21.6 Å². The largest absolute Gasteiger partial charge is 0.323 e. The Morgan fingerprint density at radius 2 is 2.05 bits per heavy atom. The molecule has 4 N–H and O–H groups in total. The number of amides is 1. The lowest BCUT2D eigenvalue weighted by molar-refractivity contribution is -0.122. The topological polar surface area (TPSA) is 101 Å². The molecule has 1 unspecified atom stereocenters. The average molecular weight is 297 g/mol. The first-order valence-corrected chi connectivity index (χ1v) is 8.06. The molecular formula is C13H19N3O3S. The van der Waals surface area contributed by atoms with Crippen LogP contribution in [0.3, 0.4) is 0 Å². The number of rotatable bonds is 3. The van der Waals surface area contributed by atoms with E-state index in [4.69, 9.17) is 5.14 Å². The SMILES string of the molecule is CC1(C(=O)Nc2ccccc2S(N)(=O)=O)CCCCN1. The molecule has 1 aliphatic rings. The minimum absolute atomic E-state index is 0.0761. The smallest absolute Gasteiger partial charge is 0.244 e. The van der Waals surface area contributed by atoms with Gasteiger partial charge in [-0.25, -0.2) is 13.6 Å². The number of carbonyl (C=O) groups is 1. The van der Waals surface area contributed by atoms with E-state index < -0.39 is 15.6 Å². The molecule has 0 spiro atoms. The molecule has 1 aromatic carbocycles. The van der Waals surface area contributed by atoms with E-state index in [-0.39, 0.29) is 16.5 Å². The highest BCUT2D eigenvalue weighted by Gasteiger charge is 2.34. The molecule has 2 rings (SSSR count). The van der Waals surface area contributed by atoms with Gasteiger partial charge in [-0.15, -0.1) is 0 Å². The number of hydrogen-bond donors (Lipinski definition) is 3. The molecule has 7 heteroatoms. The van der Waals surface area contributed by atoms with Gasteiger partial charge in [0.1, 0.15) is 4.90 Å². The summed E-state index contributed by atoms with van der Waals surface area (Å²) in [7, 11) is -3.86. The van der Waals surface area contributed by atoms with Crippen molar-refractivity contribution in [2.75, 3.05) is 11.9 Å². The molecule has 1 amide bonds. The third kappa shape index (κ3) is 3.17. The summed E-state index contributed by atoms with van der Waals surface area (Å²) in [5.74, 6) is -0.242. The van der Waals surface area contributed by atoms with E-state index in [9.17, 15) is 13.2 Å². The van der Waals surface area contributed by atoms with Gasteiger partial charge < -0.3 is 10.6 Å². The number of hydrogen-bond acceptors (Lipinski definition) is 4. The Morgan fingerprint density at radius 3 is 2.65 bits per heavy atom. The molecular weight excluding hydrogens is 278 g/mol. The van der Waals surface area contributed by atoms with Crippen molar-refractivity contribution in [1.29, 1.82) is 0 Å². The van der Waals surface area contributed by atoms with E-state index in [1.54, 1.807) is 12.1 Å². The summed E-state index contributed by atoms with van der Waals surface area (Å²) in [4.78, 5) is 12.3. The number of benzene rings is 1. The Balaban J connectivity index is 2.24. The number of anilines is 1. The normalized spacial score (nSPS) is 23.3. The molecule has 1 heterocycles. The van der Waals surface area contributed by atoms with E-state index in [2.05, 4.69) is 10.6 Å². The first kappa shape index (κ1) is 15.0. The number of piperidine rings is 1. The molecule has 0 radical (unpaired) electrons. The highest BCUT2D eigenvalue weighted by atomic mass is 32.2. The molecule has 0 aromatic heterocycles. The molecule has 1 aromatic rings. The van der Waals surface area contributed by atoms with Crippen molar-refractivity contribution in [2.45, 2.75) is 36.6 Å². The molecule has 0 bridgehead atoms. The summed E-state index contributed by atoms with van der Waals surface area (Å²) in [5, 5.41) is 11.0. The maximum Gasteiger partial charge on any atom is 0.244 e. The summed E-state index contributed by atoms with van der Waals surface area (Å²) in [6.45, 7) is 2.60. The van der Waals surface area contributed by atoms with Crippen molar-refractivity contribution in [1.82, 2.24) is 5.32 Å². The molecule has 20 heavy (non-hydrogen) atoms. The second kappa shape index (κ2) is 5.51. The number of carbonyl (C=O) groups excluding carboxylic acids is 1. The van der Waals surface area contributed by atoms with E-state index in [0.717, 1.165) is 25.8 Å². The van der Waals surface area contributed by atoms with Crippen LogP contribution in [0.5, 0.6) is 0 Å².